The molecule has 0 radical (unpaired) electrons. The molecule has 0 spiro atoms. The Bertz CT molecular complexity index is 554. The average Bonchev–Trinajstić information content (AvgIpc) is 2.43. The molecule has 7 nitrogen and oxygen atoms in total. The Morgan fingerprint density at radius 1 is 0.900 bits per heavy atom. The van der Waals surface area contributed by atoms with Crippen molar-refractivity contribution in [2.24, 2.45) is 5.73 Å². The van der Waals surface area contributed by atoms with Crippen molar-refractivity contribution in [2.75, 3.05) is 0 Å². The number of carbonyl (C=O) groups is 1. The summed E-state index contributed by atoms with van der Waals surface area (Å²) in [7, 11) is 0. The molecule has 0 aliphatic rings. The van der Waals surface area contributed by atoms with Crippen LogP contribution >= 0.6 is 0 Å². The third kappa shape index (κ3) is 7.28. The molecule has 0 unspecified atom stereocenters. The van der Waals surface area contributed by atoms with Gasteiger partial charge in [-0.3, -0.25) is 19.7 Å². The van der Waals surface area contributed by atoms with Crippen molar-refractivity contribution in [3.05, 3.63) is 73.7 Å². The predicted octanol–water partition coefficient (Wildman–Crippen LogP) is 1.33. The van der Waals surface area contributed by atoms with Crippen LogP contribution in [0.15, 0.2) is 72.5 Å². The molecular formula is C13H13N5O2. The Morgan fingerprint density at radius 3 is 2.25 bits per heavy atom. The van der Waals surface area contributed by atoms with Gasteiger partial charge in [-0.05, 0) is 12.1 Å². The van der Waals surface area contributed by atoms with Crippen LogP contribution in [0.25, 0.3) is 0 Å². The van der Waals surface area contributed by atoms with E-state index in [4.69, 9.17) is 10.2 Å². The minimum absolute atomic E-state index is 0.0377. The molecule has 0 bridgehead atoms. The molecular weight excluding hydrogens is 258 g/mol. The third-order valence-electron chi connectivity index (χ3n) is 1.71. The predicted molar refractivity (Wildman–Crippen MR) is 71.3 cm³/mol. The van der Waals surface area contributed by atoms with E-state index in [0.29, 0.717) is 0 Å². The highest BCUT2D eigenvalue weighted by Gasteiger charge is 1.96. The van der Waals surface area contributed by atoms with Gasteiger partial charge in [-0.25, -0.2) is 4.98 Å². The lowest BCUT2D eigenvalue weighted by atomic mass is 10.5. The van der Waals surface area contributed by atoms with Gasteiger partial charge in [-0.1, -0.05) is 0 Å². The van der Waals surface area contributed by atoms with Crippen LogP contribution in [-0.2, 0) is 0 Å². The van der Waals surface area contributed by atoms with Crippen molar-refractivity contribution in [1.29, 1.82) is 0 Å². The number of carbonyl (C=O) groups excluding carboxylic acids is 1. The Labute approximate surface area is 115 Å². The molecule has 0 fully saturated rings. The largest absolute Gasteiger partial charge is 0.470 e. The van der Waals surface area contributed by atoms with Crippen LogP contribution in [0.4, 0.5) is 0 Å². The first kappa shape index (κ1) is 15.0. The number of amides is 1. The molecule has 1 aromatic heterocycles. The Hall–Kier alpha value is -3.09. The van der Waals surface area contributed by atoms with E-state index in [0.717, 1.165) is 6.26 Å². The number of hydrogen-bond donors (Lipinski definition) is 1. The van der Waals surface area contributed by atoms with Crippen molar-refractivity contribution in [1.82, 2.24) is 19.9 Å². The van der Waals surface area contributed by atoms with Crippen LogP contribution in [0.2, 0.25) is 0 Å². The summed E-state index contributed by atoms with van der Waals surface area (Å²) in [5, 5.41) is 0. The first-order chi connectivity index (χ1) is 9.80. The normalized spacial score (nSPS) is 8.40. The van der Waals surface area contributed by atoms with Gasteiger partial charge in [0.2, 0.25) is 0 Å². The van der Waals surface area contributed by atoms with Gasteiger partial charge in [0.05, 0.1) is 6.26 Å². The summed E-state index contributed by atoms with van der Waals surface area (Å²) in [4.78, 5) is 26.6. The summed E-state index contributed by atoms with van der Waals surface area (Å²) in [6.07, 6.45) is 12.7. The molecule has 0 aromatic carbocycles. The maximum Gasteiger partial charge on any atom is 0.270 e. The van der Waals surface area contributed by atoms with E-state index in [1.54, 1.807) is 24.5 Å². The molecule has 1 rings (SSSR count). The van der Waals surface area contributed by atoms with E-state index in [1.807, 2.05) is 0 Å². The standard InChI is InChI=1S/C13H13N5O2/c14-13(19)12-11-20-10-2-5-15-3-1-4-16-6-7-17-8-9-18-12/h1-11H,(H2,14,19). The number of aromatic nitrogens is 4. The molecule has 1 heterocycles. The zero-order valence-electron chi connectivity index (χ0n) is 10.5. The summed E-state index contributed by atoms with van der Waals surface area (Å²) in [5.41, 5.74) is 5.09. The van der Waals surface area contributed by atoms with Crippen LogP contribution in [0, 0.1) is 0 Å². The van der Waals surface area contributed by atoms with Crippen LogP contribution in [0.1, 0.15) is 10.5 Å². The van der Waals surface area contributed by atoms with E-state index in [9.17, 15) is 4.79 Å². The first-order valence-corrected chi connectivity index (χ1v) is 5.53. The van der Waals surface area contributed by atoms with Crippen molar-refractivity contribution >= 4 is 5.91 Å². The molecule has 2 N–H and O–H groups in total. The summed E-state index contributed by atoms with van der Waals surface area (Å²) >= 11 is 0. The first-order valence-electron chi connectivity index (χ1n) is 5.53. The second-order valence-corrected chi connectivity index (χ2v) is 3.14. The Morgan fingerprint density at radius 2 is 1.50 bits per heavy atom. The summed E-state index contributed by atoms with van der Waals surface area (Å²) in [5.74, 6) is -0.710. The van der Waals surface area contributed by atoms with Gasteiger partial charge in [0.25, 0.3) is 5.91 Å². The molecule has 0 saturated heterocycles. The van der Waals surface area contributed by atoms with Gasteiger partial charge in [-0.15, -0.1) is 0 Å². The van der Waals surface area contributed by atoms with Gasteiger partial charge in [0, 0.05) is 43.4 Å². The molecule has 0 atom stereocenters. The van der Waals surface area contributed by atoms with Gasteiger partial charge >= 0.3 is 0 Å². The second kappa shape index (κ2) is 9.89. The highest BCUT2D eigenvalue weighted by Crippen LogP contribution is 1.85. The molecule has 102 valence electrons. The van der Waals surface area contributed by atoms with Crippen molar-refractivity contribution in [3.8, 4) is 0 Å². The average molecular weight is 271 g/mol. The molecule has 20 heavy (non-hydrogen) atoms. The molecule has 0 aliphatic heterocycles. The van der Waals surface area contributed by atoms with E-state index >= 15 is 0 Å². The lowest BCUT2D eigenvalue weighted by Crippen LogP contribution is -2.11. The monoisotopic (exact) mass is 271 g/mol. The van der Waals surface area contributed by atoms with Crippen LogP contribution in [-0.4, -0.2) is 25.8 Å². The lowest BCUT2D eigenvalue weighted by Gasteiger charge is -1.85. The van der Waals surface area contributed by atoms with E-state index in [-0.39, 0.29) is 5.69 Å². The fourth-order valence-corrected chi connectivity index (χ4v) is 0.902. The lowest BCUT2D eigenvalue weighted by molar-refractivity contribution is 0.0993. The third-order valence-corrected chi connectivity index (χ3v) is 1.71. The summed E-state index contributed by atoms with van der Waals surface area (Å²) in [6, 6.07) is 3.20. The number of hydrogen-bond acceptors (Lipinski definition) is 6. The van der Waals surface area contributed by atoms with Crippen molar-refractivity contribution in [2.45, 2.75) is 0 Å². The highest BCUT2D eigenvalue weighted by molar-refractivity contribution is 5.90. The number of nitrogens with zero attached hydrogens (tertiary/aromatic N) is 4. The van der Waals surface area contributed by atoms with Gasteiger partial charge < -0.3 is 10.2 Å². The van der Waals surface area contributed by atoms with Crippen LogP contribution in [0.5, 0.6) is 0 Å². The summed E-state index contributed by atoms with van der Waals surface area (Å²) < 4.78 is 4.98. The number of primary amides is 1. The minimum atomic E-state index is -0.710. The number of rotatable bonds is 1. The molecule has 1 aromatic rings. The number of nitrogens with two attached hydrogens (primary N) is 1. The topological polar surface area (TPSA) is 108 Å². The Kier molecular flexibility index (Phi) is 7.40. The van der Waals surface area contributed by atoms with Gasteiger partial charge in [-0.2, -0.15) is 0 Å². The smallest absolute Gasteiger partial charge is 0.270 e. The van der Waals surface area contributed by atoms with Gasteiger partial charge in [0.15, 0.2) is 5.69 Å². The summed E-state index contributed by atoms with van der Waals surface area (Å²) in [6.45, 7) is 0. The van der Waals surface area contributed by atoms with Crippen molar-refractivity contribution in [3.63, 3.8) is 0 Å². The maximum atomic E-state index is 11.1. The SMILES string of the molecule is NC(=O)c1cocccncccnccnccn1. The highest BCUT2D eigenvalue weighted by atomic mass is 16.3. The Balaban J connectivity index is 3.25. The maximum absolute atomic E-state index is 11.1. The molecule has 0 aliphatic carbocycles. The minimum Gasteiger partial charge on any atom is -0.470 e. The van der Waals surface area contributed by atoms with Gasteiger partial charge in [0.1, 0.15) is 6.26 Å². The fourth-order valence-electron chi connectivity index (χ4n) is 0.902. The zero-order valence-corrected chi connectivity index (χ0v) is 10.5. The van der Waals surface area contributed by atoms with Crippen molar-refractivity contribution < 1.29 is 9.21 Å². The van der Waals surface area contributed by atoms with E-state index in [2.05, 4.69) is 19.9 Å². The molecule has 0 saturated carbocycles. The van der Waals surface area contributed by atoms with E-state index < -0.39 is 5.91 Å². The quantitative estimate of drug-likeness (QED) is 0.825. The molecule has 1 amide bonds. The molecule has 7 heteroatoms. The second-order valence-electron chi connectivity index (χ2n) is 3.14. The van der Waals surface area contributed by atoms with Crippen LogP contribution < -0.4 is 5.73 Å². The van der Waals surface area contributed by atoms with Crippen LogP contribution in [0.3, 0.4) is 0 Å². The zero-order chi connectivity index (χ0) is 14.5. The fraction of sp³-hybridized carbons (Fsp3) is 0. The van der Waals surface area contributed by atoms with E-state index in [1.165, 1.54) is 37.2 Å².